The minimum Gasteiger partial charge on any atom is -0.496 e. The number of rotatable bonds is 8. The summed E-state index contributed by atoms with van der Waals surface area (Å²) in [5, 5.41) is 11.6. The third-order valence-electron chi connectivity index (χ3n) is 5.45. The summed E-state index contributed by atoms with van der Waals surface area (Å²) in [4.78, 5) is 12.4. The zero-order valence-electron chi connectivity index (χ0n) is 19.0. The predicted octanol–water partition coefficient (Wildman–Crippen LogP) is 2.94. The van der Waals surface area contributed by atoms with Crippen LogP contribution in [0.1, 0.15) is 30.8 Å². The predicted molar refractivity (Wildman–Crippen MR) is 124 cm³/mol. The molecule has 0 saturated heterocycles. The van der Waals surface area contributed by atoms with Crippen molar-refractivity contribution >= 4 is 11.6 Å². The molecule has 0 fully saturated rings. The monoisotopic (exact) mass is 469 g/mol. The van der Waals surface area contributed by atoms with Crippen LogP contribution < -0.4 is 19.8 Å². The Labute approximate surface area is 196 Å². The first-order valence-corrected chi connectivity index (χ1v) is 11.0. The Kier molecular flexibility index (Phi) is 6.50. The highest BCUT2D eigenvalue weighted by Gasteiger charge is 2.20. The molecule has 0 saturated carbocycles. The average molecular weight is 470 g/mol. The number of aromatic amines is 1. The second-order valence-electron chi connectivity index (χ2n) is 7.47. The first kappa shape index (κ1) is 22.6. The first-order valence-electron chi connectivity index (χ1n) is 10.7. The molecule has 172 valence electrons. The van der Waals surface area contributed by atoms with Gasteiger partial charge in [0.05, 0.1) is 29.1 Å². The zero-order valence-corrected chi connectivity index (χ0v) is 19.8. The highest BCUT2D eigenvalue weighted by atomic mass is 35.5. The van der Waals surface area contributed by atoms with Gasteiger partial charge in [0.1, 0.15) is 18.1 Å². The van der Waals surface area contributed by atoms with E-state index in [9.17, 15) is 4.79 Å². The van der Waals surface area contributed by atoms with Crippen molar-refractivity contribution in [2.75, 3.05) is 7.11 Å². The number of ether oxygens (including phenoxy) is 2. The van der Waals surface area contributed by atoms with E-state index in [0.29, 0.717) is 27.8 Å². The van der Waals surface area contributed by atoms with Crippen molar-refractivity contribution in [3.63, 3.8) is 0 Å². The molecular formula is C23H26ClN6O3+. The maximum Gasteiger partial charge on any atom is 0.368 e. The number of tetrazole rings is 1. The van der Waals surface area contributed by atoms with Gasteiger partial charge in [-0.3, -0.25) is 0 Å². The molecule has 0 aliphatic heterocycles. The van der Waals surface area contributed by atoms with Gasteiger partial charge in [-0.25, -0.2) is 4.79 Å². The van der Waals surface area contributed by atoms with E-state index in [2.05, 4.69) is 35.4 Å². The van der Waals surface area contributed by atoms with Gasteiger partial charge in [0.25, 0.3) is 0 Å². The van der Waals surface area contributed by atoms with E-state index in [0.717, 1.165) is 28.9 Å². The number of benzene rings is 2. The molecule has 4 aromatic rings. The van der Waals surface area contributed by atoms with Crippen LogP contribution in [-0.4, -0.2) is 32.0 Å². The maximum atomic E-state index is 12.4. The third-order valence-corrected chi connectivity index (χ3v) is 5.75. The summed E-state index contributed by atoms with van der Waals surface area (Å²) in [6.45, 7) is 4.35. The Morgan fingerprint density at radius 2 is 1.91 bits per heavy atom. The fourth-order valence-electron chi connectivity index (χ4n) is 3.63. The molecule has 9 nitrogen and oxygen atoms in total. The number of hydrogen-bond donors (Lipinski definition) is 1. The fraction of sp³-hybridized carbons (Fsp3) is 0.304. The van der Waals surface area contributed by atoms with Gasteiger partial charge in [-0.1, -0.05) is 36.2 Å². The summed E-state index contributed by atoms with van der Waals surface area (Å²) >= 11 is 6.58. The SMILES string of the molecule is CCc1cc(CC)[n+](-c2ccc(OCc3c(OC)cccc3-n3nnn(C)c3=O)c(Cl)c2)[nH]1. The molecule has 2 aromatic carbocycles. The minimum atomic E-state index is -0.368. The van der Waals surface area contributed by atoms with Crippen LogP contribution in [-0.2, 0) is 26.5 Å². The summed E-state index contributed by atoms with van der Waals surface area (Å²) in [6, 6.07) is 13.2. The topological polar surface area (TPSA) is 90.8 Å². The average Bonchev–Trinajstić information content (AvgIpc) is 3.41. The van der Waals surface area contributed by atoms with Gasteiger partial charge in [0.2, 0.25) is 11.4 Å². The van der Waals surface area contributed by atoms with Gasteiger partial charge in [-0.05, 0) is 35.0 Å². The molecule has 0 aliphatic carbocycles. The van der Waals surface area contributed by atoms with Crippen LogP contribution in [0.25, 0.3) is 11.4 Å². The van der Waals surface area contributed by atoms with Crippen molar-refractivity contribution in [2.45, 2.75) is 33.3 Å². The Hall–Kier alpha value is -3.59. The van der Waals surface area contributed by atoms with Crippen LogP contribution in [0.15, 0.2) is 47.3 Å². The Balaban J connectivity index is 1.64. The van der Waals surface area contributed by atoms with Crippen molar-refractivity contribution in [1.29, 1.82) is 0 Å². The Morgan fingerprint density at radius 3 is 2.55 bits per heavy atom. The molecule has 4 rings (SSSR count). The third kappa shape index (κ3) is 4.36. The van der Waals surface area contributed by atoms with Crippen LogP contribution in [0.5, 0.6) is 11.5 Å². The zero-order chi connectivity index (χ0) is 23.5. The summed E-state index contributed by atoms with van der Waals surface area (Å²) in [7, 11) is 3.10. The van der Waals surface area contributed by atoms with Crippen LogP contribution in [0.4, 0.5) is 0 Å². The number of H-pyrrole nitrogens is 1. The lowest BCUT2D eigenvalue weighted by Crippen LogP contribution is -2.36. The van der Waals surface area contributed by atoms with Crippen LogP contribution in [0.2, 0.25) is 5.02 Å². The number of halogens is 1. The van der Waals surface area contributed by atoms with Crippen LogP contribution in [0.3, 0.4) is 0 Å². The van der Waals surface area contributed by atoms with E-state index in [4.69, 9.17) is 21.1 Å². The molecule has 1 N–H and O–H groups in total. The van der Waals surface area contributed by atoms with E-state index in [1.165, 1.54) is 10.4 Å². The van der Waals surface area contributed by atoms with Gasteiger partial charge in [0.15, 0.2) is 0 Å². The molecular weight excluding hydrogens is 444 g/mol. The Bertz CT molecular complexity index is 1340. The van der Waals surface area contributed by atoms with Crippen molar-refractivity contribution in [3.05, 3.63) is 74.9 Å². The minimum absolute atomic E-state index is 0.122. The molecule has 10 heteroatoms. The van der Waals surface area contributed by atoms with Gasteiger partial charge in [-0.15, -0.1) is 0 Å². The molecule has 0 spiro atoms. The first-order chi connectivity index (χ1) is 16.0. The van der Waals surface area contributed by atoms with E-state index >= 15 is 0 Å². The highest BCUT2D eigenvalue weighted by molar-refractivity contribution is 6.32. The molecule has 2 aromatic heterocycles. The second-order valence-corrected chi connectivity index (χ2v) is 7.88. The lowest BCUT2D eigenvalue weighted by molar-refractivity contribution is -0.663. The standard InChI is InChI=1S/C23H25ClN6O3/c1-5-15-12-16(6-2)29(25-15)17-10-11-22(19(24)13-17)33-14-18-20(8-7-9-21(18)32-4)30-23(31)28(3)26-27-30/h7-13H,5-6,14H2,1-4H3/p+1. The molecule has 0 aliphatic rings. The largest absolute Gasteiger partial charge is 0.496 e. The summed E-state index contributed by atoms with van der Waals surface area (Å²) in [6.07, 6.45) is 1.82. The number of aryl methyl sites for hydroxylation is 3. The molecule has 0 bridgehead atoms. The number of nitrogens with one attached hydrogen (secondary N) is 1. The Morgan fingerprint density at radius 1 is 1.09 bits per heavy atom. The number of aromatic nitrogens is 6. The lowest BCUT2D eigenvalue weighted by Gasteiger charge is -2.14. The summed E-state index contributed by atoms with van der Waals surface area (Å²) < 4.78 is 16.0. The number of nitrogens with zero attached hydrogens (tertiary/aromatic N) is 5. The summed E-state index contributed by atoms with van der Waals surface area (Å²) in [5.41, 5.74) is 4.07. The van der Waals surface area contributed by atoms with E-state index in [-0.39, 0.29) is 12.3 Å². The normalized spacial score (nSPS) is 11.1. The van der Waals surface area contributed by atoms with Gasteiger partial charge in [0, 0.05) is 31.7 Å². The molecule has 0 radical (unpaired) electrons. The number of hydrogen-bond acceptors (Lipinski definition) is 5. The molecule has 2 heterocycles. The maximum absolute atomic E-state index is 12.4. The van der Waals surface area contributed by atoms with Crippen molar-refractivity contribution in [1.82, 2.24) is 24.9 Å². The van der Waals surface area contributed by atoms with Crippen molar-refractivity contribution < 1.29 is 14.2 Å². The molecule has 0 unspecified atom stereocenters. The number of methoxy groups -OCH3 is 1. The van der Waals surface area contributed by atoms with Gasteiger partial charge in [-0.2, -0.15) is 14.5 Å². The lowest BCUT2D eigenvalue weighted by atomic mass is 10.1. The molecule has 0 amide bonds. The van der Waals surface area contributed by atoms with Crippen molar-refractivity contribution in [2.24, 2.45) is 7.05 Å². The van der Waals surface area contributed by atoms with Crippen LogP contribution >= 0.6 is 11.6 Å². The van der Waals surface area contributed by atoms with Gasteiger partial charge >= 0.3 is 5.69 Å². The highest BCUT2D eigenvalue weighted by Crippen LogP contribution is 2.30. The molecule has 33 heavy (non-hydrogen) atoms. The molecule has 0 atom stereocenters. The van der Waals surface area contributed by atoms with E-state index in [1.807, 2.05) is 22.9 Å². The van der Waals surface area contributed by atoms with E-state index < -0.39 is 0 Å². The van der Waals surface area contributed by atoms with Crippen LogP contribution in [0, 0.1) is 0 Å². The quantitative estimate of drug-likeness (QED) is 0.401. The fourth-order valence-corrected chi connectivity index (χ4v) is 3.86. The second kappa shape index (κ2) is 9.50. The van der Waals surface area contributed by atoms with E-state index in [1.54, 1.807) is 32.4 Å². The van der Waals surface area contributed by atoms with Crippen molar-refractivity contribution in [3.8, 4) is 22.9 Å². The summed E-state index contributed by atoms with van der Waals surface area (Å²) in [5.74, 6) is 1.09. The smallest absolute Gasteiger partial charge is 0.368 e. The van der Waals surface area contributed by atoms with Gasteiger partial charge < -0.3 is 9.47 Å².